The molecule has 0 spiro atoms. The summed E-state index contributed by atoms with van der Waals surface area (Å²) in [5, 5.41) is 13.2. The molecule has 0 fully saturated rings. The minimum absolute atomic E-state index is 0.442. The molecular formula is C13H11NO4. The van der Waals surface area contributed by atoms with E-state index in [0.717, 1.165) is 5.56 Å². The zero-order chi connectivity index (χ0) is 12.9. The predicted octanol–water partition coefficient (Wildman–Crippen LogP) is 0.616. The lowest BCUT2D eigenvalue weighted by atomic mass is 9.88. The molecule has 1 aromatic carbocycles. The van der Waals surface area contributed by atoms with Gasteiger partial charge in [-0.15, -0.1) is 0 Å². The molecule has 2 aliphatic rings. The molecule has 0 unspecified atom stereocenters. The number of hydrogen-bond donors (Lipinski definition) is 2. The molecule has 2 aliphatic heterocycles. The lowest BCUT2D eigenvalue weighted by molar-refractivity contribution is -0.158. The zero-order valence-corrected chi connectivity index (χ0v) is 9.64. The van der Waals surface area contributed by atoms with Gasteiger partial charge in [0.1, 0.15) is 0 Å². The standard InChI is InChI=1S/C13H11NO4/c1-7-3-2-4-8-11(7)14-12(16)13(8,17)9-5-6-10(15)18-9/h2-6,9,17H,1H3,(H,14,16)/t9-,13-/m0/s1. The highest BCUT2D eigenvalue weighted by atomic mass is 16.6. The van der Waals surface area contributed by atoms with Crippen LogP contribution in [0.3, 0.4) is 0 Å². The molecule has 1 amide bonds. The first-order valence-corrected chi connectivity index (χ1v) is 5.56. The van der Waals surface area contributed by atoms with Gasteiger partial charge in [0.2, 0.25) is 5.60 Å². The van der Waals surface area contributed by atoms with E-state index in [0.29, 0.717) is 11.3 Å². The fourth-order valence-electron chi connectivity index (χ4n) is 2.36. The van der Waals surface area contributed by atoms with E-state index in [1.165, 1.54) is 12.2 Å². The number of amides is 1. The second kappa shape index (κ2) is 3.43. The van der Waals surface area contributed by atoms with E-state index in [2.05, 4.69) is 5.32 Å². The average molecular weight is 245 g/mol. The highest BCUT2D eigenvalue weighted by molar-refractivity contribution is 6.07. The number of rotatable bonds is 1. The number of anilines is 1. The van der Waals surface area contributed by atoms with Crippen LogP contribution in [-0.4, -0.2) is 23.1 Å². The van der Waals surface area contributed by atoms with E-state index in [1.54, 1.807) is 12.1 Å². The number of carbonyl (C=O) groups excluding carboxylic acids is 2. The number of nitrogens with one attached hydrogen (secondary N) is 1. The van der Waals surface area contributed by atoms with Crippen molar-refractivity contribution in [3.05, 3.63) is 41.5 Å². The fourth-order valence-corrected chi connectivity index (χ4v) is 2.36. The average Bonchev–Trinajstić information content (AvgIpc) is 2.87. The van der Waals surface area contributed by atoms with E-state index in [-0.39, 0.29) is 0 Å². The van der Waals surface area contributed by atoms with Crippen LogP contribution in [-0.2, 0) is 19.9 Å². The van der Waals surface area contributed by atoms with E-state index in [1.807, 2.05) is 13.0 Å². The van der Waals surface area contributed by atoms with Crippen molar-refractivity contribution in [2.75, 3.05) is 5.32 Å². The molecule has 0 saturated heterocycles. The van der Waals surface area contributed by atoms with Crippen molar-refractivity contribution in [1.29, 1.82) is 0 Å². The first-order valence-electron chi connectivity index (χ1n) is 5.56. The van der Waals surface area contributed by atoms with Crippen LogP contribution in [0.15, 0.2) is 30.4 Å². The second-order valence-corrected chi connectivity index (χ2v) is 4.43. The molecule has 0 aromatic heterocycles. The Labute approximate surface area is 103 Å². The maximum absolute atomic E-state index is 12.0. The number of fused-ring (bicyclic) bond motifs is 1. The number of cyclic esters (lactones) is 1. The molecule has 1 aromatic rings. The minimum Gasteiger partial charge on any atom is -0.451 e. The van der Waals surface area contributed by atoms with Gasteiger partial charge >= 0.3 is 5.97 Å². The van der Waals surface area contributed by atoms with Gasteiger partial charge in [-0.25, -0.2) is 4.79 Å². The van der Waals surface area contributed by atoms with Gasteiger partial charge in [0.05, 0.1) is 5.69 Å². The largest absolute Gasteiger partial charge is 0.451 e. The number of esters is 1. The molecule has 5 heteroatoms. The van der Waals surface area contributed by atoms with E-state index in [4.69, 9.17) is 4.74 Å². The van der Waals surface area contributed by atoms with Crippen LogP contribution in [0.1, 0.15) is 11.1 Å². The van der Waals surface area contributed by atoms with Crippen molar-refractivity contribution < 1.29 is 19.4 Å². The van der Waals surface area contributed by atoms with Gasteiger partial charge in [0, 0.05) is 11.6 Å². The molecular weight excluding hydrogens is 234 g/mol. The summed E-state index contributed by atoms with van der Waals surface area (Å²) < 4.78 is 4.95. The van der Waals surface area contributed by atoms with Crippen molar-refractivity contribution in [3.8, 4) is 0 Å². The number of benzene rings is 1. The minimum atomic E-state index is -1.84. The lowest BCUT2D eigenvalue weighted by Crippen LogP contribution is -2.45. The molecule has 5 nitrogen and oxygen atoms in total. The molecule has 0 radical (unpaired) electrons. The van der Waals surface area contributed by atoms with Gasteiger partial charge in [-0.05, 0) is 18.6 Å². The van der Waals surface area contributed by atoms with Crippen LogP contribution in [0.25, 0.3) is 0 Å². The van der Waals surface area contributed by atoms with Crippen LogP contribution in [0.2, 0.25) is 0 Å². The molecule has 2 atom stereocenters. The smallest absolute Gasteiger partial charge is 0.331 e. The SMILES string of the molecule is Cc1cccc2c1NC(=O)[C@@]2(O)[C@@H]1C=CC(=O)O1. The molecule has 18 heavy (non-hydrogen) atoms. The Morgan fingerprint density at radius 3 is 2.83 bits per heavy atom. The maximum atomic E-state index is 12.0. The quantitative estimate of drug-likeness (QED) is 0.711. The Hall–Kier alpha value is -2.14. The second-order valence-electron chi connectivity index (χ2n) is 4.43. The Balaban J connectivity index is 2.14. The highest BCUT2D eigenvalue weighted by Gasteiger charge is 2.53. The van der Waals surface area contributed by atoms with Crippen molar-refractivity contribution >= 4 is 17.6 Å². The van der Waals surface area contributed by atoms with Gasteiger partial charge in [-0.2, -0.15) is 0 Å². The monoisotopic (exact) mass is 245 g/mol. The Morgan fingerprint density at radius 1 is 1.39 bits per heavy atom. The topological polar surface area (TPSA) is 75.6 Å². The van der Waals surface area contributed by atoms with Gasteiger partial charge in [-0.1, -0.05) is 18.2 Å². The molecule has 2 heterocycles. The molecule has 3 rings (SSSR count). The van der Waals surface area contributed by atoms with Gasteiger partial charge in [0.15, 0.2) is 6.10 Å². The Morgan fingerprint density at radius 2 is 2.17 bits per heavy atom. The van der Waals surface area contributed by atoms with Crippen LogP contribution in [0, 0.1) is 6.92 Å². The maximum Gasteiger partial charge on any atom is 0.331 e. The van der Waals surface area contributed by atoms with Crippen LogP contribution in [0.4, 0.5) is 5.69 Å². The third-order valence-corrected chi connectivity index (χ3v) is 3.33. The summed E-state index contributed by atoms with van der Waals surface area (Å²) in [5.41, 5.74) is 0.0348. The van der Waals surface area contributed by atoms with Crippen molar-refractivity contribution in [2.24, 2.45) is 0 Å². The zero-order valence-electron chi connectivity index (χ0n) is 9.64. The lowest BCUT2D eigenvalue weighted by Gasteiger charge is -2.25. The summed E-state index contributed by atoms with van der Waals surface area (Å²) in [5.74, 6) is -1.13. The summed E-state index contributed by atoms with van der Waals surface area (Å²) in [4.78, 5) is 23.1. The van der Waals surface area contributed by atoms with Crippen LogP contribution < -0.4 is 5.32 Å². The van der Waals surface area contributed by atoms with Crippen LogP contribution >= 0.6 is 0 Å². The number of para-hydroxylation sites is 1. The highest BCUT2D eigenvalue weighted by Crippen LogP contribution is 2.42. The molecule has 0 bridgehead atoms. The van der Waals surface area contributed by atoms with Crippen LogP contribution in [0.5, 0.6) is 0 Å². The van der Waals surface area contributed by atoms with Gasteiger partial charge in [-0.3, -0.25) is 4.79 Å². The van der Waals surface area contributed by atoms with E-state index in [9.17, 15) is 14.7 Å². The molecule has 0 aliphatic carbocycles. The summed E-state index contributed by atoms with van der Waals surface area (Å²) in [6, 6.07) is 5.24. The van der Waals surface area contributed by atoms with Gasteiger partial charge in [0.25, 0.3) is 5.91 Å². The molecule has 0 saturated carbocycles. The third-order valence-electron chi connectivity index (χ3n) is 3.33. The molecule has 92 valence electrons. The summed E-state index contributed by atoms with van der Waals surface area (Å²) in [6.45, 7) is 1.83. The Kier molecular flexibility index (Phi) is 2.09. The number of ether oxygens (including phenoxy) is 1. The normalized spacial score (nSPS) is 29.1. The van der Waals surface area contributed by atoms with Crippen molar-refractivity contribution in [1.82, 2.24) is 0 Å². The summed E-state index contributed by atoms with van der Waals surface area (Å²) in [7, 11) is 0. The van der Waals surface area contributed by atoms with Gasteiger partial charge < -0.3 is 15.2 Å². The first kappa shape index (κ1) is 11.0. The number of aryl methyl sites for hydroxylation is 1. The number of hydrogen-bond acceptors (Lipinski definition) is 4. The third kappa shape index (κ3) is 1.25. The molecule has 2 N–H and O–H groups in total. The predicted molar refractivity (Wildman–Crippen MR) is 62.7 cm³/mol. The van der Waals surface area contributed by atoms with Crippen molar-refractivity contribution in [2.45, 2.75) is 18.6 Å². The first-order chi connectivity index (χ1) is 8.53. The number of aliphatic hydroxyl groups is 1. The van der Waals surface area contributed by atoms with Crippen molar-refractivity contribution in [3.63, 3.8) is 0 Å². The van der Waals surface area contributed by atoms with E-state index >= 15 is 0 Å². The van der Waals surface area contributed by atoms with E-state index < -0.39 is 23.6 Å². The Bertz CT molecular complexity index is 593. The summed E-state index contributed by atoms with van der Waals surface area (Å²) in [6.07, 6.45) is 1.64. The summed E-state index contributed by atoms with van der Waals surface area (Å²) >= 11 is 0. The number of carbonyl (C=O) groups is 2. The fraction of sp³-hybridized carbons (Fsp3) is 0.231.